The summed E-state index contributed by atoms with van der Waals surface area (Å²) in [4.78, 5) is 73.2. The minimum absolute atomic E-state index is 0.0259. The van der Waals surface area contributed by atoms with Gasteiger partial charge >= 0.3 is 0 Å². The number of halogens is 2. The first-order valence-electron chi connectivity index (χ1n) is 19.4. The number of piperazine rings is 1. The highest BCUT2D eigenvalue weighted by molar-refractivity contribution is 6.37. The van der Waals surface area contributed by atoms with E-state index in [1.165, 1.54) is 25.3 Å². The third kappa shape index (κ3) is 9.03. The zero-order chi connectivity index (χ0) is 42.5. The van der Waals surface area contributed by atoms with Gasteiger partial charge in [-0.15, -0.1) is 0 Å². The fraction of sp³-hybridized carbons (Fsp3) is 0.357. The number of nitriles is 1. The quantitative estimate of drug-likeness (QED) is 0.110. The van der Waals surface area contributed by atoms with Crippen LogP contribution in [0.2, 0.25) is 10.0 Å². The maximum atomic E-state index is 13.1. The van der Waals surface area contributed by atoms with Crippen LogP contribution in [-0.4, -0.2) is 109 Å². The van der Waals surface area contributed by atoms with E-state index in [-0.39, 0.29) is 55.9 Å². The standard InChI is InChI=1S/C42H42Cl2N8O8/c1-58-34-20-32(28(43)18-29(34)44)48-40-24(21-45)22-46-31-19-36(35(59-2)17-26(31)40)60-16-4-11-50-12-14-51(15-13-50)39(55)10-9-37(53)47-30-6-3-5-25-27(30)23-52(42(25)57)33-7-8-38(54)49-41(33)56/h3,5-6,17-20,22,33H,4,7-16,23H2,1-2H3,(H,46,48)(H,47,53)(H,49,54,56). The zero-order valence-electron chi connectivity index (χ0n) is 32.9. The second-order valence-electron chi connectivity index (χ2n) is 14.5. The number of imide groups is 1. The third-order valence-corrected chi connectivity index (χ3v) is 11.4. The number of amides is 5. The van der Waals surface area contributed by atoms with E-state index < -0.39 is 11.9 Å². The summed E-state index contributed by atoms with van der Waals surface area (Å²) >= 11 is 12.7. The molecule has 1 atom stereocenters. The number of nitrogens with one attached hydrogen (secondary N) is 3. The van der Waals surface area contributed by atoms with Crippen LogP contribution in [0.5, 0.6) is 17.2 Å². The SMILES string of the molecule is COc1cc(Nc2c(C#N)cnc3cc(OCCCN4CCN(C(=O)CCC(=O)Nc5cccc6c5CN(C5CCC(=O)NC5=O)C6=O)CC4)c(OC)cc23)c(Cl)cc1Cl. The van der Waals surface area contributed by atoms with E-state index in [0.717, 1.165) is 6.54 Å². The van der Waals surface area contributed by atoms with Crippen molar-refractivity contribution in [2.75, 3.05) is 64.2 Å². The van der Waals surface area contributed by atoms with Crippen molar-refractivity contribution in [1.29, 1.82) is 5.26 Å². The molecule has 1 unspecified atom stereocenters. The number of methoxy groups -OCH3 is 2. The number of rotatable bonds is 14. The lowest BCUT2D eigenvalue weighted by molar-refractivity contribution is -0.137. The number of pyridine rings is 1. The molecular formula is C42H42Cl2N8O8. The third-order valence-electron chi connectivity index (χ3n) is 10.8. The van der Waals surface area contributed by atoms with Gasteiger partial charge in [0.15, 0.2) is 11.5 Å². The Labute approximate surface area is 355 Å². The topological polar surface area (TPSA) is 196 Å². The number of ether oxygens (including phenoxy) is 3. The smallest absolute Gasteiger partial charge is 0.255 e. The van der Waals surface area contributed by atoms with Gasteiger partial charge in [0.05, 0.1) is 53.3 Å². The van der Waals surface area contributed by atoms with Crippen LogP contribution in [0.1, 0.15) is 53.6 Å². The van der Waals surface area contributed by atoms with E-state index >= 15 is 0 Å². The first-order valence-corrected chi connectivity index (χ1v) is 20.1. The van der Waals surface area contributed by atoms with Crippen molar-refractivity contribution in [2.24, 2.45) is 0 Å². The van der Waals surface area contributed by atoms with Gasteiger partial charge in [-0.2, -0.15) is 5.26 Å². The molecule has 2 fully saturated rings. The molecule has 4 heterocycles. The highest BCUT2D eigenvalue weighted by Crippen LogP contribution is 2.41. The first-order chi connectivity index (χ1) is 29.0. The molecule has 18 heteroatoms. The van der Waals surface area contributed by atoms with Gasteiger partial charge in [0.2, 0.25) is 23.6 Å². The fourth-order valence-corrected chi connectivity index (χ4v) is 8.10. The minimum atomic E-state index is -0.760. The molecule has 4 aromatic rings. The Kier molecular flexibility index (Phi) is 12.9. The molecule has 1 aromatic heterocycles. The molecule has 60 heavy (non-hydrogen) atoms. The second-order valence-corrected chi connectivity index (χ2v) is 15.3. The Morgan fingerprint density at radius 2 is 1.75 bits per heavy atom. The summed E-state index contributed by atoms with van der Waals surface area (Å²) in [6, 6.07) is 13.2. The van der Waals surface area contributed by atoms with Crippen molar-refractivity contribution in [3.05, 3.63) is 75.4 Å². The van der Waals surface area contributed by atoms with Gasteiger partial charge < -0.3 is 34.6 Å². The minimum Gasteiger partial charge on any atom is -0.495 e. The van der Waals surface area contributed by atoms with Gasteiger partial charge in [-0.3, -0.25) is 39.2 Å². The summed E-state index contributed by atoms with van der Waals surface area (Å²) in [5.41, 5.74) is 3.29. The Morgan fingerprint density at radius 3 is 2.48 bits per heavy atom. The molecule has 3 aliphatic rings. The molecule has 0 spiro atoms. The first kappa shape index (κ1) is 42.0. The van der Waals surface area contributed by atoms with Crippen LogP contribution in [0, 0.1) is 11.3 Å². The van der Waals surface area contributed by atoms with E-state index in [4.69, 9.17) is 37.4 Å². The number of carbonyl (C=O) groups is 5. The van der Waals surface area contributed by atoms with E-state index in [1.54, 1.807) is 47.4 Å². The van der Waals surface area contributed by atoms with Crippen molar-refractivity contribution in [3.63, 3.8) is 0 Å². The summed E-state index contributed by atoms with van der Waals surface area (Å²) < 4.78 is 17.2. The van der Waals surface area contributed by atoms with E-state index in [2.05, 4.69) is 31.9 Å². The average molecular weight is 858 g/mol. The molecule has 2 saturated heterocycles. The number of aromatic nitrogens is 1. The average Bonchev–Trinajstić information content (AvgIpc) is 3.58. The Balaban J connectivity index is 0.868. The predicted molar refractivity (Wildman–Crippen MR) is 223 cm³/mol. The molecule has 0 aliphatic carbocycles. The summed E-state index contributed by atoms with van der Waals surface area (Å²) in [6.45, 7) is 3.69. The molecule has 7 rings (SSSR count). The molecule has 312 valence electrons. The Hall–Kier alpha value is -6.15. The van der Waals surface area contributed by atoms with Crippen molar-refractivity contribution in [3.8, 4) is 23.3 Å². The second kappa shape index (κ2) is 18.4. The lowest BCUT2D eigenvalue weighted by Gasteiger charge is -2.34. The predicted octanol–water partition coefficient (Wildman–Crippen LogP) is 5.27. The highest BCUT2D eigenvalue weighted by Gasteiger charge is 2.40. The number of carbonyl (C=O) groups excluding carboxylic acids is 5. The summed E-state index contributed by atoms with van der Waals surface area (Å²) in [5, 5.41) is 19.6. The van der Waals surface area contributed by atoms with E-state index in [0.29, 0.717) is 111 Å². The number of nitrogens with zero attached hydrogens (tertiary/aromatic N) is 5. The number of hydrogen-bond donors (Lipinski definition) is 3. The molecular weight excluding hydrogens is 815 g/mol. The number of benzene rings is 3. The van der Waals surface area contributed by atoms with Gasteiger partial charge in [0, 0.05) is 99.1 Å². The fourth-order valence-electron chi connectivity index (χ4n) is 7.59. The molecule has 0 saturated carbocycles. The van der Waals surface area contributed by atoms with Crippen molar-refractivity contribution >= 4 is 80.7 Å². The Bertz CT molecular complexity index is 2420. The molecule has 0 bridgehead atoms. The summed E-state index contributed by atoms with van der Waals surface area (Å²) in [6.07, 6.45) is 2.58. The number of fused-ring (bicyclic) bond motifs is 2. The molecule has 0 radical (unpaired) electrons. The summed E-state index contributed by atoms with van der Waals surface area (Å²) in [7, 11) is 3.03. The highest BCUT2D eigenvalue weighted by atomic mass is 35.5. The van der Waals surface area contributed by atoms with Gasteiger partial charge in [-0.25, -0.2) is 0 Å². The summed E-state index contributed by atoms with van der Waals surface area (Å²) in [5.74, 6) is -0.288. The largest absolute Gasteiger partial charge is 0.495 e. The normalized spacial score (nSPS) is 16.6. The van der Waals surface area contributed by atoms with Crippen LogP contribution in [0.3, 0.4) is 0 Å². The van der Waals surface area contributed by atoms with Gasteiger partial charge in [-0.1, -0.05) is 29.3 Å². The van der Waals surface area contributed by atoms with Gasteiger partial charge in [0.1, 0.15) is 17.9 Å². The van der Waals surface area contributed by atoms with Crippen LogP contribution in [0.15, 0.2) is 48.7 Å². The van der Waals surface area contributed by atoms with Crippen LogP contribution in [0.25, 0.3) is 10.9 Å². The number of hydrogen-bond acceptors (Lipinski definition) is 12. The maximum Gasteiger partial charge on any atom is 0.255 e. The number of piperidine rings is 1. The Morgan fingerprint density at radius 1 is 0.967 bits per heavy atom. The molecule has 3 N–H and O–H groups in total. The van der Waals surface area contributed by atoms with Crippen LogP contribution in [-0.2, 0) is 25.7 Å². The van der Waals surface area contributed by atoms with Gasteiger partial charge in [-0.05, 0) is 37.1 Å². The van der Waals surface area contributed by atoms with Gasteiger partial charge in [0.25, 0.3) is 5.91 Å². The lowest BCUT2D eigenvalue weighted by Crippen LogP contribution is -2.52. The van der Waals surface area contributed by atoms with Crippen LogP contribution < -0.4 is 30.2 Å². The molecule has 16 nitrogen and oxygen atoms in total. The molecule has 3 aromatic carbocycles. The van der Waals surface area contributed by atoms with E-state index in [9.17, 15) is 29.2 Å². The van der Waals surface area contributed by atoms with Crippen molar-refractivity contribution in [2.45, 2.75) is 44.7 Å². The van der Waals surface area contributed by atoms with Crippen molar-refractivity contribution in [1.82, 2.24) is 25.0 Å². The maximum absolute atomic E-state index is 13.1. The van der Waals surface area contributed by atoms with Crippen LogP contribution in [0.4, 0.5) is 17.1 Å². The number of anilines is 3. The monoisotopic (exact) mass is 856 g/mol. The molecule has 5 amide bonds. The van der Waals surface area contributed by atoms with Crippen LogP contribution >= 0.6 is 23.2 Å². The molecule has 3 aliphatic heterocycles. The van der Waals surface area contributed by atoms with Crippen molar-refractivity contribution < 1.29 is 38.2 Å². The zero-order valence-corrected chi connectivity index (χ0v) is 34.5. The lowest BCUT2D eigenvalue weighted by atomic mass is 10.0. The van der Waals surface area contributed by atoms with E-state index in [1.807, 2.05) is 0 Å².